The maximum Gasteiger partial charge on any atom is 0.253 e. The summed E-state index contributed by atoms with van der Waals surface area (Å²) in [6.45, 7) is 8.08. The van der Waals surface area contributed by atoms with Crippen LogP contribution < -0.4 is 9.46 Å². The zero-order chi connectivity index (χ0) is 20.6. The van der Waals surface area contributed by atoms with E-state index in [1.807, 2.05) is 24.3 Å². The molecule has 7 heteroatoms. The Hall–Kier alpha value is -2.90. The molecule has 0 aromatic heterocycles. The summed E-state index contributed by atoms with van der Waals surface area (Å²) in [7, 11) is -1.91. The Morgan fingerprint density at radius 3 is 2.29 bits per heavy atom. The van der Waals surface area contributed by atoms with Crippen LogP contribution in [0.5, 0.6) is 5.75 Å². The van der Waals surface area contributed by atoms with E-state index in [4.69, 9.17) is 4.74 Å². The summed E-state index contributed by atoms with van der Waals surface area (Å²) in [6.07, 6.45) is 3.13. The van der Waals surface area contributed by atoms with Crippen LogP contribution in [0.3, 0.4) is 0 Å². The van der Waals surface area contributed by atoms with Gasteiger partial charge in [-0.05, 0) is 42.0 Å². The van der Waals surface area contributed by atoms with Crippen LogP contribution in [0.25, 0.3) is 0 Å². The van der Waals surface area contributed by atoms with Crippen LogP contribution in [0.4, 0.5) is 0 Å². The topological polar surface area (TPSA) is 75.7 Å². The summed E-state index contributed by atoms with van der Waals surface area (Å²) < 4.78 is 32.0. The van der Waals surface area contributed by atoms with E-state index in [9.17, 15) is 13.2 Å². The standard InChI is InChI=1S/C21H24N2O4S/c1-4-14-22-28(25,26)20-12-8-18(9-13-20)21(24)23(3)16-17-6-10-19(11-7-17)27-15-5-2/h4-13,22H,1-2,14-16H2,3H3. The third-order valence-corrected chi connectivity index (χ3v) is 5.33. The van der Waals surface area contributed by atoms with Gasteiger partial charge in [0, 0.05) is 25.7 Å². The molecular formula is C21H24N2O4S. The molecular weight excluding hydrogens is 376 g/mol. The fourth-order valence-electron chi connectivity index (χ4n) is 2.44. The van der Waals surface area contributed by atoms with Crippen molar-refractivity contribution in [3.05, 3.63) is 85.0 Å². The van der Waals surface area contributed by atoms with Gasteiger partial charge in [-0.15, -0.1) is 6.58 Å². The van der Waals surface area contributed by atoms with Crippen molar-refractivity contribution >= 4 is 15.9 Å². The van der Waals surface area contributed by atoms with E-state index in [0.717, 1.165) is 11.3 Å². The molecule has 0 aliphatic rings. The third-order valence-electron chi connectivity index (χ3n) is 3.89. The second-order valence-corrected chi connectivity index (χ2v) is 7.84. The maximum atomic E-state index is 12.6. The van der Waals surface area contributed by atoms with Gasteiger partial charge in [-0.2, -0.15) is 0 Å². The average molecular weight is 401 g/mol. The molecule has 1 N–H and O–H groups in total. The van der Waals surface area contributed by atoms with Gasteiger partial charge in [-0.1, -0.05) is 30.9 Å². The molecule has 1 amide bonds. The van der Waals surface area contributed by atoms with Gasteiger partial charge < -0.3 is 9.64 Å². The average Bonchev–Trinajstić information content (AvgIpc) is 2.71. The number of nitrogens with one attached hydrogen (secondary N) is 1. The number of amides is 1. The van der Waals surface area contributed by atoms with Crippen molar-refractivity contribution < 1.29 is 17.9 Å². The van der Waals surface area contributed by atoms with Gasteiger partial charge in [0.15, 0.2) is 0 Å². The van der Waals surface area contributed by atoms with Crippen molar-refractivity contribution in [1.82, 2.24) is 9.62 Å². The molecule has 0 aliphatic heterocycles. The molecule has 0 unspecified atom stereocenters. The number of hydrogen-bond donors (Lipinski definition) is 1. The molecule has 0 radical (unpaired) electrons. The van der Waals surface area contributed by atoms with Crippen molar-refractivity contribution in [1.29, 1.82) is 0 Å². The molecule has 0 bridgehead atoms. The van der Waals surface area contributed by atoms with Crippen LogP contribution in [-0.4, -0.2) is 39.4 Å². The van der Waals surface area contributed by atoms with E-state index >= 15 is 0 Å². The summed E-state index contributed by atoms with van der Waals surface area (Å²) in [5, 5.41) is 0. The minimum atomic E-state index is -3.61. The predicted molar refractivity (Wildman–Crippen MR) is 110 cm³/mol. The lowest BCUT2D eigenvalue weighted by Crippen LogP contribution is -2.26. The number of ether oxygens (including phenoxy) is 1. The first kappa shape index (κ1) is 21.4. The Morgan fingerprint density at radius 1 is 1.07 bits per heavy atom. The molecule has 6 nitrogen and oxygen atoms in total. The summed E-state index contributed by atoms with van der Waals surface area (Å²) in [5.74, 6) is 0.537. The molecule has 0 fully saturated rings. The van der Waals surface area contributed by atoms with E-state index in [1.165, 1.54) is 30.3 Å². The van der Waals surface area contributed by atoms with Crippen molar-refractivity contribution in [2.75, 3.05) is 20.2 Å². The highest BCUT2D eigenvalue weighted by molar-refractivity contribution is 7.89. The predicted octanol–water partition coefficient (Wildman–Crippen LogP) is 2.99. The first-order valence-corrected chi connectivity index (χ1v) is 10.1. The number of benzene rings is 2. The van der Waals surface area contributed by atoms with Gasteiger partial charge in [0.05, 0.1) is 4.90 Å². The van der Waals surface area contributed by atoms with Gasteiger partial charge >= 0.3 is 0 Å². The quantitative estimate of drug-likeness (QED) is 0.622. The Labute approximate surface area is 166 Å². The van der Waals surface area contributed by atoms with Crippen LogP contribution >= 0.6 is 0 Å². The van der Waals surface area contributed by atoms with Crippen molar-refractivity contribution in [2.45, 2.75) is 11.4 Å². The first-order chi connectivity index (χ1) is 13.4. The van der Waals surface area contributed by atoms with Crippen molar-refractivity contribution in [2.24, 2.45) is 0 Å². The Balaban J connectivity index is 2.02. The van der Waals surface area contributed by atoms with Gasteiger partial charge in [0.1, 0.15) is 12.4 Å². The summed E-state index contributed by atoms with van der Waals surface area (Å²) in [6, 6.07) is 13.3. The monoisotopic (exact) mass is 400 g/mol. The highest BCUT2D eigenvalue weighted by Gasteiger charge is 2.16. The number of rotatable bonds is 10. The molecule has 0 saturated heterocycles. The molecule has 0 aliphatic carbocycles. The highest BCUT2D eigenvalue weighted by atomic mass is 32.2. The number of hydrogen-bond acceptors (Lipinski definition) is 4. The molecule has 28 heavy (non-hydrogen) atoms. The van der Waals surface area contributed by atoms with Crippen LogP contribution in [0.1, 0.15) is 15.9 Å². The fourth-order valence-corrected chi connectivity index (χ4v) is 3.44. The van der Waals surface area contributed by atoms with Gasteiger partial charge in [-0.25, -0.2) is 13.1 Å². The highest BCUT2D eigenvalue weighted by Crippen LogP contribution is 2.16. The third kappa shape index (κ3) is 5.80. The number of sulfonamides is 1. The fraction of sp³-hybridized carbons (Fsp3) is 0.190. The zero-order valence-corrected chi connectivity index (χ0v) is 16.6. The zero-order valence-electron chi connectivity index (χ0n) is 15.8. The number of carbonyl (C=O) groups is 1. The minimum absolute atomic E-state index is 0.101. The lowest BCUT2D eigenvalue weighted by atomic mass is 10.1. The number of carbonyl (C=O) groups excluding carboxylic acids is 1. The molecule has 0 spiro atoms. The SMILES string of the molecule is C=CCNS(=O)(=O)c1ccc(C(=O)N(C)Cc2ccc(OCC=C)cc2)cc1. The van der Waals surface area contributed by atoms with E-state index in [1.54, 1.807) is 18.0 Å². The molecule has 148 valence electrons. The smallest absolute Gasteiger partial charge is 0.253 e. The van der Waals surface area contributed by atoms with Crippen LogP contribution in [0.2, 0.25) is 0 Å². The summed E-state index contributed by atoms with van der Waals surface area (Å²) in [5.41, 5.74) is 1.37. The lowest BCUT2D eigenvalue weighted by molar-refractivity contribution is 0.0785. The normalized spacial score (nSPS) is 10.9. The molecule has 0 saturated carbocycles. The Morgan fingerprint density at radius 2 is 1.71 bits per heavy atom. The molecule has 2 rings (SSSR count). The molecule has 2 aromatic rings. The molecule has 0 atom stereocenters. The summed E-state index contributed by atoms with van der Waals surface area (Å²) in [4.78, 5) is 14.3. The van der Waals surface area contributed by atoms with Crippen LogP contribution in [0, 0.1) is 0 Å². The van der Waals surface area contributed by atoms with Crippen molar-refractivity contribution in [3.63, 3.8) is 0 Å². The van der Waals surface area contributed by atoms with E-state index in [-0.39, 0.29) is 17.3 Å². The Bertz CT molecular complexity index is 920. The van der Waals surface area contributed by atoms with Crippen molar-refractivity contribution in [3.8, 4) is 5.75 Å². The van der Waals surface area contributed by atoms with E-state index < -0.39 is 10.0 Å². The number of nitrogens with zero attached hydrogens (tertiary/aromatic N) is 1. The summed E-state index contributed by atoms with van der Waals surface area (Å²) >= 11 is 0. The van der Waals surface area contributed by atoms with Gasteiger partial charge in [-0.3, -0.25) is 4.79 Å². The molecule has 0 heterocycles. The Kier molecular flexibility index (Phi) is 7.54. The largest absolute Gasteiger partial charge is 0.490 e. The van der Waals surface area contributed by atoms with E-state index in [2.05, 4.69) is 17.9 Å². The second-order valence-electron chi connectivity index (χ2n) is 6.07. The first-order valence-electron chi connectivity index (χ1n) is 8.66. The lowest BCUT2D eigenvalue weighted by Gasteiger charge is -2.18. The van der Waals surface area contributed by atoms with Crippen LogP contribution in [0.15, 0.2) is 78.7 Å². The van der Waals surface area contributed by atoms with E-state index in [0.29, 0.717) is 18.7 Å². The van der Waals surface area contributed by atoms with Crippen LogP contribution in [-0.2, 0) is 16.6 Å². The van der Waals surface area contributed by atoms with Gasteiger partial charge in [0.2, 0.25) is 10.0 Å². The van der Waals surface area contributed by atoms with Gasteiger partial charge in [0.25, 0.3) is 5.91 Å². The minimum Gasteiger partial charge on any atom is -0.490 e. The maximum absolute atomic E-state index is 12.6. The molecule has 2 aromatic carbocycles. The second kappa shape index (κ2) is 9.87.